The van der Waals surface area contributed by atoms with Crippen molar-refractivity contribution in [3.05, 3.63) is 76.9 Å². The van der Waals surface area contributed by atoms with Crippen molar-refractivity contribution in [1.29, 1.82) is 0 Å². The van der Waals surface area contributed by atoms with Crippen molar-refractivity contribution >= 4 is 22.7 Å². The minimum absolute atomic E-state index is 0.0201. The number of benzene rings is 2. The van der Waals surface area contributed by atoms with Crippen LogP contribution in [0.25, 0.3) is 22.4 Å². The molecule has 0 N–H and O–H groups in total. The number of unbranched alkanes of at least 4 members (excludes halogenated alkanes) is 1. The van der Waals surface area contributed by atoms with Gasteiger partial charge in [0.2, 0.25) is 5.89 Å². The van der Waals surface area contributed by atoms with Crippen LogP contribution < -0.4 is 5.56 Å². The van der Waals surface area contributed by atoms with E-state index in [4.69, 9.17) is 9.40 Å². The average molecular weight is 391 g/mol. The van der Waals surface area contributed by atoms with E-state index in [2.05, 4.69) is 11.9 Å². The molecule has 0 amide bonds. The first-order valence-electron chi connectivity index (χ1n) is 9.38. The van der Waals surface area contributed by atoms with Crippen LogP contribution >= 0.6 is 11.8 Å². The molecule has 0 radical (unpaired) electrons. The summed E-state index contributed by atoms with van der Waals surface area (Å²) in [7, 11) is 0. The largest absolute Gasteiger partial charge is 0.444 e. The standard InChI is InChI=1S/C22H21N3O2S/c1-2-3-13-25-21(26)18-11-7-8-12-19(18)24-22(25)28-15-17-14-27-20(23-17)16-9-5-4-6-10-16/h4-12,14H,2-3,13,15H2,1H3. The lowest BCUT2D eigenvalue weighted by molar-refractivity contribution is 0.557. The Hall–Kier alpha value is -2.86. The molecule has 142 valence electrons. The van der Waals surface area contributed by atoms with Crippen LogP contribution in [0.4, 0.5) is 0 Å². The quantitative estimate of drug-likeness (QED) is 0.322. The molecule has 0 saturated heterocycles. The summed E-state index contributed by atoms with van der Waals surface area (Å²) in [5.74, 6) is 1.19. The Bertz CT molecular complexity index is 1140. The van der Waals surface area contributed by atoms with Crippen molar-refractivity contribution < 1.29 is 4.42 Å². The number of fused-ring (bicyclic) bond motifs is 1. The van der Waals surface area contributed by atoms with Crippen molar-refractivity contribution in [2.24, 2.45) is 0 Å². The third-order valence-corrected chi connectivity index (χ3v) is 5.49. The Labute approximate surface area is 167 Å². The van der Waals surface area contributed by atoms with Gasteiger partial charge in [-0.05, 0) is 30.7 Å². The second kappa shape index (κ2) is 8.44. The van der Waals surface area contributed by atoms with E-state index in [1.807, 2.05) is 54.6 Å². The molecular formula is C22H21N3O2S. The molecular weight excluding hydrogens is 370 g/mol. The third-order valence-electron chi connectivity index (χ3n) is 4.48. The molecule has 0 aliphatic carbocycles. The topological polar surface area (TPSA) is 60.9 Å². The van der Waals surface area contributed by atoms with Crippen LogP contribution in [-0.4, -0.2) is 14.5 Å². The van der Waals surface area contributed by atoms with Crippen LogP contribution in [0.15, 0.2) is 75.2 Å². The minimum Gasteiger partial charge on any atom is -0.444 e. The van der Waals surface area contributed by atoms with Gasteiger partial charge in [-0.2, -0.15) is 0 Å². The van der Waals surface area contributed by atoms with Gasteiger partial charge < -0.3 is 4.42 Å². The maximum atomic E-state index is 12.9. The first-order chi connectivity index (χ1) is 13.8. The van der Waals surface area contributed by atoms with Gasteiger partial charge in [-0.25, -0.2) is 9.97 Å². The van der Waals surface area contributed by atoms with Crippen LogP contribution in [-0.2, 0) is 12.3 Å². The van der Waals surface area contributed by atoms with Crippen molar-refractivity contribution in [3.8, 4) is 11.5 Å². The highest BCUT2D eigenvalue weighted by atomic mass is 32.2. The van der Waals surface area contributed by atoms with Gasteiger partial charge in [-0.15, -0.1) is 0 Å². The monoisotopic (exact) mass is 391 g/mol. The molecule has 0 bridgehead atoms. The summed E-state index contributed by atoms with van der Waals surface area (Å²) < 4.78 is 7.40. The predicted octanol–water partition coefficient (Wildman–Crippen LogP) is 5.14. The number of oxazole rings is 1. The summed E-state index contributed by atoms with van der Waals surface area (Å²) in [5, 5.41) is 1.39. The van der Waals surface area contributed by atoms with E-state index in [-0.39, 0.29) is 5.56 Å². The van der Waals surface area contributed by atoms with E-state index in [0.717, 1.165) is 34.8 Å². The van der Waals surface area contributed by atoms with E-state index in [9.17, 15) is 4.79 Å². The Morgan fingerprint density at radius 2 is 1.82 bits per heavy atom. The molecule has 0 spiro atoms. The van der Waals surface area contributed by atoms with E-state index in [1.165, 1.54) is 11.8 Å². The molecule has 2 aromatic heterocycles. The maximum absolute atomic E-state index is 12.9. The molecule has 0 aliphatic heterocycles. The summed E-state index contributed by atoms with van der Waals surface area (Å²) in [4.78, 5) is 22.2. The Morgan fingerprint density at radius 1 is 1.04 bits per heavy atom. The van der Waals surface area contributed by atoms with Gasteiger partial charge in [-0.3, -0.25) is 9.36 Å². The Kier molecular flexibility index (Phi) is 5.58. The fraction of sp³-hybridized carbons (Fsp3) is 0.227. The van der Waals surface area contributed by atoms with Crippen LogP contribution in [0.1, 0.15) is 25.5 Å². The number of rotatable bonds is 7. The minimum atomic E-state index is 0.0201. The number of hydrogen-bond donors (Lipinski definition) is 0. The number of para-hydroxylation sites is 1. The second-order valence-electron chi connectivity index (χ2n) is 6.52. The third kappa shape index (κ3) is 3.87. The van der Waals surface area contributed by atoms with Crippen molar-refractivity contribution in [3.63, 3.8) is 0 Å². The molecule has 0 aliphatic rings. The zero-order valence-corrected chi connectivity index (χ0v) is 16.5. The predicted molar refractivity (Wildman–Crippen MR) is 112 cm³/mol. The average Bonchev–Trinajstić information content (AvgIpc) is 3.21. The molecule has 2 aromatic carbocycles. The van der Waals surface area contributed by atoms with Gasteiger partial charge >= 0.3 is 0 Å². The Morgan fingerprint density at radius 3 is 2.64 bits per heavy atom. The number of nitrogens with zero attached hydrogens (tertiary/aromatic N) is 3. The second-order valence-corrected chi connectivity index (χ2v) is 7.46. The fourth-order valence-corrected chi connectivity index (χ4v) is 3.90. The summed E-state index contributed by atoms with van der Waals surface area (Å²) >= 11 is 1.52. The molecule has 4 aromatic rings. The normalized spacial score (nSPS) is 11.2. The summed E-state index contributed by atoms with van der Waals surface area (Å²) in [6.45, 7) is 2.79. The van der Waals surface area contributed by atoms with Crippen molar-refractivity contribution in [2.75, 3.05) is 0 Å². The highest BCUT2D eigenvalue weighted by Gasteiger charge is 2.13. The van der Waals surface area contributed by atoms with E-state index >= 15 is 0 Å². The molecule has 6 heteroatoms. The zero-order chi connectivity index (χ0) is 19.3. The highest BCUT2D eigenvalue weighted by molar-refractivity contribution is 7.98. The number of hydrogen-bond acceptors (Lipinski definition) is 5. The van der Waals surface area contributed by atoms with E-state index < -0.39 is 0 Å². The number of thioether (sulfide) groups is 1. The fourth-order valence-electron chi connectivity index (χ4n) is 3.00. The van der Waals surface area contributed by atoms with Gasteiger partial charge in [0.05, 0.1) is 16.6 Å². The molecule has 2 heterocycles. The first-order valence-corrected chi connectivity index (χ1v) is 10.4. The SMILES string of the molecule is CCCCn1c(SCc2coc(-c3ccccc3)n2)nc2ccccc2c1=O. The first kappa shape index (κ1) is 18.5. The molecule has 0 atom stereocenters. The summed E-state index contributed by atoms with van der Waals surface area (Å²) in [5.41, 5.74) is 2.52. The van der Waals surface area contributed by atoms with Crippen LogP contribution in [0.3, 0.4) is 0 Å². The maximum Gasteiger partial charge on any atom is 0.262 e. The lowest BCUT2D eigenvalue weighted by Crippen LogP contribution is -2.23. The molecule has 0 fully saturated rings. The lowest BCUT2D eigenvalue weighted by atomic mass is 10.2. The summed E-state index contributed by atoms with van der Waals surface area (Å²) in [6.07, 6.45) is 3.63. The van der Waals surface area contributed by atoms with Crippen LogP contribution in [0.5, 0.6) is 0 Å². The smallest absolute Gasteiger partial charge is 0.262 e. The molecule has 4 rings (SSSR count). The van der Waals surface area contributed by atoms with Crippen molar-refractivity contribution in [1.82, 2.24) is 14.5 Å². The summed E-state index contributed by atoms with van der Waals surface area (Å²) in [6, 6.07) is 17.3. The molecule has 0 unspecified atom stereocenters. The molecule has 28 heavy (non-hydrogen) atoms. The van der Waals surface area contributed by atoms with Crippen LogP contribution in [0, 0.1) is 0 Å². The van der Waals surface area contributed by atoms with Gasteiger partial charge in [0.25, 0.3) is 5.56 Å². The van der Waals surface area contributed by atoms with Gasteiger partial charge in [-0.1, -0.05) is 55.4 Å². The van der Waals surface area contributed by atoms with Gasteiger partial charge in [0, 0.05) is 17.9 Å². The Balaban J connectivity index is 1.60. The number of aromatic nitrogens is 3. The van der Waals surface area contributed by atoms with E-state index in [1.54, 1.807) is 10.8 Å². The van der Waals surface area contributed by atoms with Crippen LogP contribution in [0.2, 0.25) is 0 Å². The van der Waals surface area contributed by atoms with Crippen molar-refractivity contribution in [2.45, 2.75) is 37.2 Å². The molecule has 5 nitrogen and oxygen atoms in total. The zero-order valence-electron chi connectivity index (χ0n) is 15.7. The van der Waals surface area contributed by atoms with E-state index in [0.29, 0.717) is 23.6 Å². The van der Waals surface area contributed by atoms with Gasteiger partial charge in [0.1, 0.15) is 6.26 Å². The molecule has 0 saturated carbocycles. The lowest BCUT2D eigenvalue weighted by Gasteiger charge is -2.12. The highest BCUT2D eigenvalue weighted by Crippen LogP contribution is 2.24. The van der Waals surface area contributed by atoms with Gasteiger partial charge in [0.15, 0.2) is 5.16 Å².